The van der Waals surface area contributed by atoms with Crippen LogP contribution in [0.2, 0.25) is 0 Å². The van der Waals surface area contributed by atoms with Crippen LogP contribution in [0.3, 0.4) is 0 Å². The summed E-state index contributed by atoms with van der Waals surface area (Å²) in [6.07, 6.45) is 2.61. The van der Waals surface area contributed by atoms with E-state index < -0.39 is 5.92 Å². The van der Waals surface area contributed by atoms with Crippen molar-refractivity contribution >= 4 is 33.4 Å². The van der Waals surface area contributed by atoms with E-state index in [9.17, 15) is 9.59 Å². The van der Waals surface area contributed by atoms with Crippen LogP contribution in [-0.4, -0.2) is 42.4 Å². The summed E-state index contributed by atoms with van der Waals surface area (Å²) in [6.45, 7) is 4.00. The zero-order chi connectivity index (χ0) is 17.3. The first kappa shape index (κ1) is 17.4. The van der Waals surface area contributed by atoms with Gasteiger partial charge in [0.25, 0.3) is 0 Å². The van der Waals surface area contributed by atoms with Crippen molar-refractivity contribution in [3.63, 3.8) is 0 Å². The SMILES string of the molecule is C[C@H](N)[C@@H]1CCCN(C(=O)[C@@H]2CCN(c3cccc(Br)c3)C2=O)C1. The topological polar surface area (TPSA) is 66.6 Å². The lowest BCUT2D eigenvalue weighted by atomic mass is 9.91. The minimum atomic E-state index is -0.546. The summed E-state index contributed by atoms with van der Waals surface area (Å²) in [6, 6.07) is 7.73. The Morgan fingerprint density at radius 2 is 2.12 bits per heavy atom. The minimum absolute atomic E-state index is 0.0251. The molecule has 1 aromatic rings. The molecule has 2 amide bonds. The summed E-state index contributed by atoms with van der Waals surface area (Å²) in [5, 5.41) is 0. The first-order valence-corrected chi connectivity index (χ1v) is 9.38. The molecule has 0 bridgehead atoms. The van der Waals surface area contributed by atoms with E-state index in [4.69, 9.17) is 5.73 Å². The zero-order valence-electron chi connectivity index (χ0n) is 14.0. The van der Waals surface area contributed by atoms with Crippen molar-refractivity contribution in [3.8, 4) is 0 Å². The molecule has 24 heavy (non-hydrogen) atoms. The summed E-state index contributed by atoms with van der Waals surface area (Å²) in [5.74, 6) is -0.319. The van der Waals surface area contributed by atoms with Crippen molar-refractivity contribution in [2.75, 3.05) is 24.5 Å². The van der Waals surface area contributed by atoms with Crippen LogP contribution in [0.4, 0.5) is 5.69 Å². The quantitative estimate of drug-likeness (QED) is 0.801. The molecule has 0 aromatic heterocycles. The van der Waals surface area contributed by atoms with Crippen LogP contribution in [0.25, 0.3) is 0 Å². The number of carbonyl (C=O) groups excluding carboxylic acids is 2. The molecule has 6 heteroatoms. The molecule has 2 aliphatic rings. The van der Waals surface area contributed by atoms with Gasteiger partial charge in [0.05, 0.1) is 0 Å². The average molecular weight is 394 g/mol. The lowest BCUT2D eigenvalue weighted by Gasteiger charge is -2.35. The van der Waals surface area contributed by atoms with E-state index in [0.717, 1.165) is 29.5 Å². The van der Waals surface area contributed by atoms with Crippen LogP contribution in [-0.2, 0) is 9.59 Å². The van der Waals surface area contributed by atoms with Crippen molar-refractivity contribution in [2.24, 2.45) is 17.6 Å². The van der Waals surface area contributed by atoms with Gasteiger partial charge in [-0.1, -0.05) is 22.0 Å². The van der Waals surface area contributed by atoms with Crippen molar-refractivity contribution < 1.29 is 9.59 Å². The molecule has 0 radical (unpaired) electrons. The van der Waals surface area contributed by atoms with Gasteiger partial charge in [-0.15, -0.1) is 0 Å². The Kier molecular flexibility index (Phi) is 5.25. The molecular formula is C18H24BrN3O2. The predicted octanol–water partition coefficient (Wildman–Crippen LogP) is 2.39. The van der Waals surface area contributed by atoms with Gasteiger partial charge < -0.3 is 15.5 Å². The van der Waals surface area contributed by atoms with Gasteiger partial charge in [-0.3, -0.25) is 9.59 Å². The molecule has 5 nitrogen and oxygen atoms in total. The zero-order valence-corrected chi connectivity index (χ0v) is 15.5. The first-order chi connectivity index (χ1) is 11.5. The van der Waals surface area contributed by atoms with Crippen LogP contribution in [0.15, 0.2) is 28.7 Å². The van der Waals surface area contributed by atoms with Gasteiger partial charge in [0, 0.05) is 35.8 Å². The number of benzene rings is 1. The summed E-state index contributed by atoms with van der Waals surface area (Å²) < 4.78 is 0.929. The Hall–Kier alpha value is -1.40. The molecule has 3 atom stereocenters. The van der Waals surface area contributed by atoms with E-state index in [1.807, 2.05) is 36.1 Å². The molecule has 0 saturated carbocycles. The summed E-state index contributed by atoms with van der Waals surface area (Å²) in [7, 11) is 0. The van der Waals surface area contributed by atoms with Gasteiger partial charge in [-0.25, -0.2) is 0 Å². The minimum Gasteiger partial charge on any atom is -0.342 e. The van der Waals surface area contributed by atoms with E-state index >= 15 is 0 Å². The van der Waals surface area contributed by atoms with Crippen LogP contribution >= 0.6 is 15.9 Å². The predicted molar refractivity (Wildman–Crippen MR) is 97.6 cm³/mol. The van der Waals surface area contributed by atoms with Crippen LogP contribution in [0, 0.1) is 11.8 Å². The second-order valence-electron chi connectivity index (χ2n) is 6.86. The number of likely N-dealkylation sites (tertiary alicyclic amines) is 1. The Bertz CT molecular complexity index is 634. The Balaban J connectivity index is 1.69. The Morgan fingerprint density at radius 3 is 2.83 bits per heavy atom. The summed E-state index contributed by atoms with van der Waals surface area (Å²) >= 11 is 3.43. The highest BCUT2D eigenvalue weighted by molar-refractivity contribution is 9.10. The molecular weight excluding hydrogens is 370 g/mol. The van der Waals surface area contributed by atoms with Gasteiger partial charge >= 0.3 is 0 Å². The third kappa shape index (κ3) is 3.49. The maximum atomic E-state index is 12.9. The fourth-order valence-electron chi connectivity index (χ4n) is 3.67. The number of hydrogen-bond acceptors (Lipinski definition) is 3. The highest BCUT2D eigenvalue weighted by atomic mass is 79.9. The number of piperidine rings is 1. The van der Waals surface area contributed by atoms with Crippen molar-refractivity contribution in [2.45, 2.75) is 32.2 Å². The fourth-order valence-corrected chi connectivity index (χ4v) is 4.06. The fraction of sp³-hybridized carbons (Fsp3) is 0.556. The molecule has 3 rings (SSSR count). The second kappa shape index (κ2) is 7.23. The molecule has 0 unspecified atom stereocenters. The number of halogens is 1. The first-order valence-electron chi connectivity index (χ1n) is 8.58. The smallest absolute Gasteiger partial charge is 0.239 e. The number of carbonyl (C=O) groups is 2. The molecule has 2 heterocycles. The lowest BCUT2D eigenvalue weighted by Crippen LogP contribution is -2.48. The molecule has 2 fully saturated rings. The molecule has 2 N–H and O–H groups in total. The number of rotatable bonds is 3. The Labute approximate surface area is 151 Å². The largest absolute Gasteiger partial charge is 0.342 e. The van der Waals surface area contributed by atoms with E-state index in [2.05, 4.69) is 15.9 Å². The normalized spacial score (nSPS) is 25.9. The van der Waals surface area contributed by atoms with Gasteiger partial charge in [0.1, 0.15) is 5.92 Å². The molecule has 2 aliphatic heterocycles. The third-order valence-corrected chi connectivity index (χ3v) is 5.63. The van der Waals surface area contributed by atoms with Crippen LogP contribution in [0.1, 0.15) is 26.2 Å². The summed E-state index contributed by atoms with van der Waals surface area (Å²) in [4.78, 5) is 29.2. The molecule has 0 aliphatic carbocycles. The second-order valence-corrected chi connectivity index (χ2v) is 7.77. The highest BCUT2D eigenvalue weighted by Crippen LogP contribution is 2.29. The van der Waals surface area contributed by atoms with Crippen molar-refractivity contribution in [1.29, 1.82) is 0 Å². The number of amides is 2. The van der Waals surface area contributed by atoms with E-state index in [1.54, 1.807) is 4.90 Å². The van der Waals surface area contributed by atoms with Gasteiger partial charge in [-0.2, -0.15) is 0 Å². The van der Waals surface area contributed by atoms with Crippen LogP contribution < -0.4 is 10.6 Å². The van der Waals surface area contributed by atoms with Crippen LogP contribution in [0.5, 0.6) is 0 Å². The van der Waals surface area contributed by atoms with E-state index in [1.165, 1.54) is 0 Å². The Morgan fingerprint density at radius 1 is 1.33 bits per heavy atom. The van der Waals surface area contributed by atoms with Gasteiger partial charge in [-0.05, 0) is 50.3 Å². The van der Waals surface area contributed by atoms with Gasteiger partial charge in [0.2, 0.25) is 11.8 Å². The maximum absolute atomic E-state index is 12.9. The number of hydrogen-bond donors (Lipinski definition) is 1. The monoisotopic (exact) mass is 393 g/mol. The lowest BCUT2D eigenvalue weighted by molar-refractivity contribution is -0.141. The molecule has 2 saturated heterocycles. The average Bonchev–Trinajstić information content (AvgIpc) is 2.96. The van der Waals surface area contributed by atoms with Gasteiger partial charge in [0.15, 0.2) is 0 Å². The van der Waals surface area contributed by atoms with Crippen molar-refractivity contribution in [3.05, 3.63) is 28.7 Å². The van der Waals surface area contributed by atoms with E-state index in [-0.39, 0.29) is 17.9 Å². The highest BCUT2D eigenvalue weighted by Gasteiger charge is 2.40. The van der Waals surface area contributed by atoms with E-state index in [0.29, 0.717) is 25.4 Å². The third-order valence-electron chi connectivity index (χ3n) is 5.14. The molecule has 130 valence electrons. The molecule has 0 spiro atoms. The number of anilines is 1. The van der Waals surface area contributed by atoms with Crippen molar-refractivity contribution in [1.82, 2.24) is 4.90 Å². The maximum Gasteiger partial charge on any atom is 0.239 e. The molecule has 1 aromatic carbocycles. The number of nitrogens with zero attached hydrogens (tertiary/aromatic N) is 2. The summed E-state index contributed by atoms with van der Waals surface area (Å²) in [5.41, 5.74) is 6.85. The standard InChI is InChI=1S/C18H24BrN3O2/c1-12(20)13-4-3-8-21(11-13)17(23)16-7-9-22(18(16)24)15-6-2-5-14(19)10-15/h2,5-6,10,12-13,16H,3-4,7-9,11,20H2,1H3/t12-,13+,16-/m0/s1. The number of nitrogens with two attached hydrogens (primary N) is 1.